The lowest BCUT2D eigenvalue weighted by molar-refractivity contribution is -0.157. The molecule has 1 aliphatic rings. The third kappa shape index (κ3) is 3.46. The van der Waals surface area contributed by atoms with Crippen molar-refractivity contribution in [1.29, 1.82) is 0 Å². The van der Waals surface area contributed by atoms with E-state index in [1.165, 1.54) is 6.20 Å². The van der Waals surface area contributed by atoms with Crippen LogP contribution in [-0.4, -0.2) is 18.1 Å². The normalized spacial score (nSPS) is 18.5. The lowest BCUT2D eigenvalue weighted by atomic mass is 9.93. The second kappa shape index (κ2) is 5.08. The fourth-order valence-corrected chi connectivity index (χ4v) is 2.07. The Morgan fingerprint density at radius 1 is 1.35 bits per heavy atom. The Kier molecular flexibility index (Phi) is 3.71. The predicted molar refractivity (Wildman–Crippen MR) is 55.4 cm³/mol. The summed E-state index contributed by atoms with van der Waals surface area (Å²) >= 11 is 0. The van der Waals surface area contributed by atoms with Crippen molar-refractivity contribution < 1.29 is 17.6 Å². The van der Waals surface area contributed by atoms with E-state index >= 15 is 0 Å². The third-order valence-corrected chi connectivity index (χ3v) is 3.05. The molecule has 1 aromatic heterocycles. The Morgan fingerprint density at radius 3 is 2.65 bits per heavy atom. The van der Waals surface area contributed by atoms with Crippen molar-refractivity contribution in [2.75, 3.05) is 13.1 Å². The topological polar surface area (TPSA) is 38.1 Å². The minimum absolute atomic E-state index is 0.329. The molecule has 0 amide bonds. The summed E-state index contributed by atoms with van der Waals surface area (Å²) in [5, 5.41) is 3.25. The Labute approximate surface area is 97.4 Å². The number of rotatable bonds is 3. The van der Waals surface area contributed by atoms with E-state index in [1.54, 1.807) is 0 Å². The lowest BCUT2D eigenvalue weighted by Crippen LogP contribution is -2.27. The first-order chi connectivity index (χ1) is 8.05. The first-order valence-corrected chi connectivity index (χ1v) is 5.78. The summed E-state index contributed by atoms with van der Waals surface area (Å²) in [6, 6.07) is 0. The van der Waals surface area contributed by atoms with Crippen molar-refractivity contribution in [2.24, 2.45) is 5.92 Å². The zero-order chi connectivity index (χ0) is 12.3. The van der Waals surface area contributed by atoms with E-state index < -0.39 is 12.1 Å². The quantitative estimate of drug-likeness (QED) is 0.893. The molecule has 1 fully saturated rings. The van der Waals surface area contributed by atoms with Gasteiger partial charge in [0.05, 0.1) is 6.20 Å². The molecule has 96 valence electrons. The van der Waals surface area contributed by atoms with Gasteiger partial charge in [0.15, 0.2) is 0 Å². The van der Waals surface area contributed by atoms with Gasteiger partial charge in [-0.2, -0.15) is 13.2 Å². The molecule has 0 spiro atoms. The minimum atomic E-state index is -4.48. The number of alkyl halides is 3. The number of nitrogens with one attached hydrogen (secondary N) is 1. The Morgan fingerprint density at radius 2 is 2.06 bits per heavy atom. The molecular weight excluding hydrogens is 233 g/mol. The van der Waals surface area contributed by atoms with Crippen LogP contribution in [0, 0.1) is 5.92 Å². The molecule has 1 saturated heterocycles. The van der Waals surface area contributed by atoms with Gasteiger partial charge in [-0.25, -0.2) is 4.98 Å². The minimum Gasteiger partial charge on any atom is -0.438 e. The van der Waals surface area contributed by atoms with Crippen LogP contribution < -0.4 is 5.32 Å². The molecule has 0 atom stereocenters. The van der Waals surface area contributed by atoms with E-state index in [-0.39, 0.29) is 0 Å². The van der Waals surface area contributed by atoms with Crippen molar-refractivity contribution in [1.82, 2.24) is 10.3 Å². The number of aromatic nitrogens is 1. The number of oxazole rings is 1. The molecule has 0 aliphatic carbocycles. The number of piperidine rings is 1. The van der Waals surface area contributed by atoms with Crippen molar-refractivity contribution in [2.45, 2.75) is 31.9 Å². The third-order valence-electron chi connectivity index (χ3n) is 3.05. The standard InChI is InChI=1S/C11H15F3N2O/c12-11(13,14)10-16-7-9(17-10)2-1-8-3-5-15-6-4-8/h7-8,15H,1-6H2. The van der Waals surface area contributed by atoms with Crippen LogP contribution in [0.5, 0.6) is 0 Å². The summed E-state index contributed by atoms with van der Waals surface area (Å²) < 4.78 is 41.4. The number of aryl methyl sites for hydroxylation is 1. The highest BCUT2D eigenvalue weighted by atomic mass is 19.4. The van der Waals surface area contributed by atoms with Crippen molar-refractivity contribution in [3.05, 3.63) is 17.8 Å². The maximum atomic E-state index is 12.2. The van der Waals surface area contributed by atoms with Gasteiger partial charge in [-0.1, -0.05) is 0 Å². The second-order valence-electron chi connectivity index (χ2n) is 4.36. The molecule has 0 saturated carbocycles. The highest BCUT2D eigenvalue weighted by Crippen LogP contribution is 2.29. The highest BCUT2D eigenvalue weighted by molar-refractivity contribution is 4.97. The van der Waals surface area contributed by atoms with Crippen molar-refractivity contribution >= 4 is 0 Å². The zero-order valence-electron chi connectivity index (χ0n) is 9.39. The number of hydrogen-bond acceptors (Lipinski definition) is 3. The van der Waals surface area contributed by atoms with Crippen LogP contribution in [0.2, 0.25) is 0 Å². The van der Waals surface area contributed by atoms with E-state index in [2.05, 4.69) is 14.7 Å². The summed E-state index contributed by atoms with van der Waals surface area (Å²) in [5.41, 5.74) is 0. The molecular formula is C11H15F3N2O. The molecule has 0 bridgehead atoms. The largest absolute Gasteiger partial charge is 0.468 e. The molecule has 0 unspecified atom stereocenters. The van der Waals surface area contributed by atoms with Gasteiger partial charge in [-0.05, 0) is 38.3 Å². The molecule has 1 aromatic rings. The molecule has 2 rings (SSSR count). The van der Waals surface area contributed by atoms with E-state index in [1.807, 2.05) is 0 Å². The summed E-state index contributed by atoms with van der Waals surface area (Å²) in [4.78, 5) is 3.25. The Balaban J connectivity index is 1.84. The van der Waals surface area contributed by atoms with E-state index in [9.17, 15) is 13.2 Å². The van der Waals surface area contributed by atoms with Crippen LogP contribution in [0.1, 0.15) is 30.9 Å². The van der Waals surface area contributed by atoms with Crippen LogP contribution in [0.15, 0.2) is 10.6 Å². The summed E-state index contributed by atoms with van der Waals surface area (Å²) in [6.45, 7) is 1.99. The van der Waals surface area contributed by atoms with Gasteiger partial charge in [0.2, 0.25) is 0 Å². The number of halogens is 3. The smallest absolute Gasteiger partial charge is 0.438 e. The van der Waals surface area contributed by atoms with Gasteiger partial charge in [-0.15, -0.1) is 0 Å². The van der Waals surface area contributed by atoms with Crippen LogP contribution >= 0.6 is 0 Å². The van der Waals surface area contributed by atoms with Crippen LogP contribution in [-0.2, 0) is 12.6 Å². The second-order valence-corrected chi connectivity index (χ2v) is 4.36. The fourth-order valence-electron chi connectivity index (χ4n) is 2.07. The monoisotopic (exact) mass is 248 g/mol. The van der Waals surface area contributed by atoms with Crippen LogP contribution in [0.4, 0.5) is 13.2 Å². The summed E-state index contributed by atoms with van der Waals surface area (Å²) in [7, 11) is 0. The molecule has 1 N–H and O–H groups in total. The molecule has 1 aliphatic heterocycles. The number of hydrogen-bond donors (Lipinski definition) is 1. The number of nitrogens with zero attached hydrogens (tertiary/aromatic N) is 1. The maximum absolute atomic E-state index is 12.2. The van der Waals surface area contributed by atoms with Gasteiger partial charge in [0.1, 0.15) is 5.76 Å². The van der Waals surface area contributed by atoms with Gasteiger partial charge < -0.3 is 9.73 Å². The summed E-state index contributed by atoms with van der Waals surface area (Å²) in [5.74, 6) is -0.232. The van der Waals surface area contributed by atoms with E-state index in [0.717, 1.165) is 32.4 Å². The maximum Gasteiger partial charge on any atom is 0.468 e. The fraction of sp³-hybridized carbons (Fsp3) is 0.727. The average Bonchev–Trinajstić information content (AvgIpc) is 2.76. The lowest BCUT2D eigenvalue weighted by Gasteiger charge is -2.21. The molecule has 0 aromatic carbocycles. The van der Waals surface area contributed by atoms with Gasteiger partial charge in [0, 0.05) is 6.42 Å². The Hall–Kier alpha value is -1.04. The summed E-state index contributed by atoms with van der Waals surface area (Å²) in [6.07, 6.45) is 0.277. The van der Waals surface area contributed by atoms with Gasteiger partial charge in [0.25, 0.3) is 0 Å². The molecule has 0 radical (unpaired) electrons. The first kappa shape index (κ1) is 12.4. The van der Waals surface area contributed by atoms with Crippen LogP contribution in [0.3, 0.4) is 0 Å². The van der Waals surface area contributed by atoms with Crippen molar-refractivity contribution in [3.63, 3.8) is 0 Å². The molecule has 2 heterocycles. The predicted octanol–water partition coefficient (Wildman–Crippen LogP) is 2.63. The zero-order valence-corrected chi connectivity index (χ0v) is 9.39. The van der Waals surface area contributed by atoms with Gasteiger partial charge >= 0.3 is 12.1 Å². The first-order valence-electron chi connectivity index (χ1n) is 5.78. The molecule has 17 heavy (non-hydrogen) atoms. The average molecular weight is 248 g/mol. The molecule has 3 nitrogen and oxygen atoms in total. The molecule has 6 heteroatoms. The van der Waals surface area contributed by atoms with Crippen molar-refractivity contribution in [3.8, 4) is 0 Å². The van der Waals surface area contributed by atoms with Crippen LogP contribution in [0.25, 0.3) is 0 Å². The van der Waals surface area contributed by atoms with E-state index in [0.29, 0.717) is 18.1 Å². The highest BCUT2D eigenvalue weighted by Gasteiger charge is 2.37. The van der Waals surface area contributed by atoms with E-state index in [4.69, 9.17) is 0 Å². The van der Waals surface area contributed by atoms with Gasteiger partial charge in [-0.3, -0.25) is 0 Å². The Bertz CT molecular complexity index is 356. The SMILES string of the molecule is FC(F)(F)c1ncc(CCC2CCNCC2)o1.